The smallest absolute Gasteiger partial charge is 0.103 e. The van der Waals surface area contributed by atoms with Gasteiger partial charge >= 0.3 is 0 Å². The van der Waals surface area contributed by atoms with Gasteiger partial charge in [-0.25, -0.2) is 0 Å². The molecule has 2 unspecified atom stereocenters. The Morgan fingerprint density at radius 2 is 2.08 bits per heavy atom. The summed E-state index contributed by atoms with van der Waals surface area (Å²) in [5.41, 5.74) is 7.15. The number of nitrogens with two attached hydrogens (primary N) is 1. The first-order valence-electron chi connectivity index (χ1n) is 4.04. The lowest BCUT2D eigenvalue weighted by atomic mass is 10.1. The zero-order valence-corrected chi connectivity index (χ0v) is 7.55. The fraction of sp³-hybridized carbons (Fsp3) is 0.333. The van der Waals surface area contributed by atoms with Gasteiger partial charge in [-0.3, -0.25) is 5.32 Å². The Bertz CT molecular complexity index is 250. The van der Waals surface area contributed by atoms with Crippen LogP contribution in [0.15, 0.2) is 30.3 Å². The van der Waals surface area contributed by atoms with Crippen molar-refractivity contribution in [1.82, 2.24) is 5.32 Å². The third-order valence-electron chi connectivity index (χ3n) is 2.01. The zero-order valence-electron chi connectivity index (χ0n) is 6.73. The summed E-state index contributed by atoms with van der Waals surface area (Å²) in [6, 6.07) is 10.9. The second-order valence-electron chi connectivity index (χ2n) is 2.88. The van der Waals surface area contributed by atoms with Gasteiger partial charge in [0.2, 0.25) is 0 Å². The predicted molar refractivity (Wildman–Crippen MR) is 52.8 cm³/mol. The van der Waals surface area contributed by atoms with Gasteiger partial charge in [0, 0.05) is 11.8 Å². The van der Waals surface area contributed by atoms with Crippen LogP contribution in [0.25, 0.3) is 0 Å². The van der Waals surface area contributed by atoms with Gasteiger partial charge in [-0.2, -0.15) is 0 Å². The number of rotatable bonds is 1. The molecule has 1 fully saturated rings. The van der Waals surface area contributed by atoms with E-state index < -0.39 is 0 Å². The maximum Gasteiger partial charge on any atom is 0.103 e. The Labute approximate surface area is 76.5 Å². The standard InChI is InChI=1S/C9H12N2S/c10-9-11-8(6-12-9)7-4-2-1-3-5-7/h1-5,8-9,11H,6,10H2. The zero-order chi connectivity index (χ0) is 8.39. The van der Waals surface area contributed by atoms with Crippen LogP contribution < -0.4 is 11.1 Å². The summed E-state index contributed by atoms with van der Waals surface area (Å²) in [5.74, 6) is 1.07. The highest BCUT2D eigenvalue weighted by molar-refractivity contribution is 8.00. The Balaban J connectivity index is 2.11. The average Bonchev–Trinajstić information content (AvgIpc) is 2.54. The lowest BCUT2D eigenvalue weighted by molar-refractivity contribution is 0.600. The first-order chi connectivity index (χ1) is 5.86. The minimum atomic E-state index is 0.107. The second-order valence-corrected chi connectivity index (χ2v) is 4.06. The van der Waals surface area contributed by atoms with Crippen LogP contribution in [-0.2, 0) is 0 Å². The van der Waals surface area contributed by atoms with Gasteiger partial charge in [0.15, 0.2) is 0 Å². The Hall–Kier alpha value is -0.510. The van der Waals surface area contributed by atoms with Crippen LogP contribution in [0.4, 0.5) is 0 Å². The lowest BCUT2D eigenvalue weighted by Crippen LogP contribution is -2.30. The molecule has 1 aliphatic rings. The number of nitrogens with one attached hydrogen (secondary N) is 1. The van der Waals surface area contributed by atoms with Crippen molar-refractivity contribution in [3.05, 3.63) is 35.9 Å². The molecule has 2 nitrogen and oxygen atoms in total. The number of benzene rings is 1. The molecule has 0 aliphatic carbocycles. The summed E-state index contributed by atoms with van der Waals surface area (Å²) >= 11 is 1.77. The summed E-state index contributed by atoms with van der Waals surface area (Å²) in [4.78, 5) is 0. The molecule has 2 atom stereocenters. The molecule has 0 amide bonds. The van der Waals surface area contributed by atoms with Gasteiger partial charge in [0.05, 0.1) is 0 Å². The molecule has 0 spiro atoms. The quantitative estimate of drug-likeness (QED) is 0.684. The van der Waals surface area contributed by atoms with Crippen molar-refractivity contribution in [3.8, 4) is 0 Å². The van der Waals surface area contributed by atoms with Crippen molar-refractivity contribution in [2.24, 2.45) is 5.73 Å². The minimum Gasteiger partial charge on any atom is -0.307 e. The average molecular weight is 180 g/mol. The summed E-state index contributed by atoms with van der Waals surface area (Å²) in [5, 5.41) is 3.31. The monoisotopic (exact) mass is 180 g/mol. The van der Waals surface area contributed by atoms with E-state index in [1.165, 1.54) is 5.56 Å². The highest BCUT2D eigenvalue weighted by Crippen LogP contribution is 2.26. The molecule has 0 bridgehead atoms. The largest absolute Gasteiger partial charge is 0.307 e. The van der Waals surface area contributed by atoms with Gasteiger partial charge in [0.1, 0.15) is 5.50 Å². The van der Waals surface area contributed by atoms with E-state index in [4.69, 9.17) is 5.73 Å². The molecular weight excluding hydrogens is 168 g/mol. The van der Waals surface area contributed by atoms with Crippen LogP contribution in [0, 0.1) is 0 Å². The van der Waals surface area contributed by atoms with E-state index in [9.17, 15) is 0 Å². The van der Waals surface area contributed by atoms with Crippen LogP contribution >= 0.6 is 11.8 Å². The Morgan fingerprint density at radius 1 is 1.33 bits per heavy atom. The van der Waals surface area contributed by atoms with Crippen molar-refractivity contribution >= 4 is 11.8 Å². The van der Waals surface area contributed by atoms with Crippen molar-refractivity contribution in [1.29, 1.82) is 0 Å². The van der Waals surface area contributed by atoms with Crippen LogP contribution in [-0.4, -0.2) is 11.3 Å². The molecule has 2 rings (SSSR count). The lowest BCUT2D eigenvalue weighted by Gasteiger charge is -2.09. The number of thioether (sulfide) groups is 1. The highest BCUT2D eigenvalue weighted by Gasteiger charge is 2.21. The predicted octanol–water partition coefficient (Wildman–Crippen LogP) is 1.31. The number of hydrogen-bond donors (Lipinski definition) is 2. The van der Waals surface area contributed by atoms with Crippen LogP contribution in [0.3, 0.4) is 0 Å². The molecule has 1 saturated heterocycles. The second kappa shape index (κ2) is 3.47. The maximum atomic E-state index is 5.71. The molecule has 0 radical (unpaired) electrons. The molecule has 64 valence electrons. The third kappa shape index (κ3) is 1.63. The van der Waals surface area contributed by atoms with Gasteiger partial charge in [-0.05, 0) is 5.56 Å². The van der Waals surface area contributed by atoms with Gasteiger partial charge in [-0.1, -0.05) is 30.3 Å². The molecule has 1 aromatic carbocycles. The van der Waals surface area contributed by atoms with E-state index >= 15 is 0 Å². The van der Waals surface area contributed by atoms with E-state index in [-0.39, 0.29) is 5.50 Å². The fourth-order valence-electron chi connectivity index (χ4n) is 1.37. The first kappa shape index (κ1) is 8.10. The molecule has 3 heteroatoms. The summed E-state index contributed by atoms with van der Waals surface area (Å²) < 4.78 is 0. The molecule has 1 heterocycles. The van der Waals surface area contributed by atoms with Crippen molar-refractivity contribution in [3.63, 3.8) is 0 Å². The van der Waals surface area contributed by atoms with Gasteiger partial charge in [0.25, 0.3) is 0 Å². The van der Waals surface area contributed by atoms with Crippen molar-refractivity contribution in [2.45, 2.75) is 11.5 Å². The fourth-order valence-corrected chi connectivity index (χ4v) is 2.32. The van der Waals surface area contributed by atoms with Crippen LogP contribution in [0.1, 0.15) is 11.6 Å². The van der Waals surface area contributed by atoms with E-state index in [2.05, 4.69) is 29.6 Å². The van der Waals surface area contributed by atoms with E-state index in [0.717, 1.165) is 5.75 Å². The SMILES string of the molecule is NC1NC(c2ccccc2)CS1. The van der Waals surface area contributed by atoms with Gasteiger partial charge < -0.3 is 5.73 Å². The molecule has 3 N–H and O–H groups in total. The summed E-state index contributed by atoms with van der Waals surface area (Å²) in [6.45, 7) is 0. The topological polar surface area (TPSA) is 38.0 Å². The third-order valence-corrected chi connectivity index (χ3v) is 3.03. The van der Waals surface area contributed by atoms with Gasteiger partial charge in [-0.15, -0.1) is 11.8 Å². The number of hydrogen-bond acceptors (Lipinski definition) is 3. The Kier molecular flexibility index (Phi) is 2.35. The maximum absolute atomic E-state index is 5.71. The molecule has 0 aromatic heterocycles. The molecular formula is C9H12N2S. The molecule has 0 saturated carbocycles. The minimum absolute atomic E-state index is 0.107. The molecule has 12 heavy (non-hydrogen) atoms. The Morgan fingerprint density at radius 3 is 2.67 bits per heavy atom. The summed E-state index contributed by atoms with van der Waals surface area (Å²) in [6.07, 6.45) is 0. The van der Waals surface area contributed by atoms with Crippen molar-refractivity contribution < 1.29 is 0 Å². The normalized spacial score (nSPS) is 29.1. The van der Waals surface area contributed by atoms with Crippen molar-refractivity contribution in [2.75, 3.05) is 5.75 Å². The van der Waals surface area contributed by atoms with Crippen LogP contribution in [0.5, 0.6) is 0 Å². The summed E-state index contributed by atoms with van der Waals surface area (Å²) in [7, 11) is 0. The van der Waals surface area contributed by atoms with Crippen LogP contribution in [0.2, 0.25) is 0 Å². The first-order valence-corrected chi connectivity index (χ1v) is 5.09. The van der Waals surface area contributed by atoms with E-state index in [1.54, 1.807) is 11.8 Å². The highest BCUT2D eigenvalue weighted by atomic mass is 32.2. The van der Waals surface area contributed by atoms with E-state index in [0.29, 0.717) is 6.04 Å². The molecule has 1 aromatic rings. The molecule has 1 aliphatic heterocycles. The van der Waals surface area contributed by atoms with E-state index in [1.807, 2.05) is 6.07 Å².